The number of nitrogens with one attached hydrogen (secondary N) is 2. The smallest absolute Gasteiger partial charge is 0.328 e. The first kappa shape index (κ1) is 16.5. The van der Waals surface area contributed by atoms with Gasteiger partial charge in [0.2, 0.25) is 5.95 Å². The van der Waals surface area contributed by atoms with E-state index in [4.69, 9.17) is 17.3 Å². The van der Waals surface area contributed by atoms with Crippen molar-refractivity contribution in [3.8, 4) is 0 Å². The number of rotatable bonds is 6. The van der Waals surface area contributed by atoms with Crippen LogP contribution in [0.2, 0.25) is 5.02 Å². The van der Waals surface area contributed by atoms with Crippen molar-refractivity contribution in [2.45, 2.75) is 25.9 Å². The monoisotopic (exact) mass is 346 g/mol. The van der Waals surface area contributed by atoms with Gasteiger partial charge in [0.25, 0.3) is 0 Å². The molecular formula is C16H19ClN6O. The van der Waals surface area contributed by atoms with Gasteiger partial charge in [0.1, 0.15) is 5.52 Å². The molecule has 2 heterocycles. The molecule has 0 saturated carbocycles. The van der Waals surface area contributed by atoms with Crippen LogP contribution in [-0.4, -0.2) is 32.1 Å². The number of hydrogen-bond acceptors (Lipinski definition) is 5. The Morgan fingerprint density at radius 3 is 2.96 bits per heavy atom. The quantitative estimate of drug-likeness (QED) is 0.633. The first-order valence-electron chi connectivity index (χ1n) is 7.73. The van der Waals surface area contributed by atoms with Crippen molar-refractivity contribution in [2.75, 3.05) is 11.9 Å². The highest BCUT2D eigenvalue weighted by molar-refractivity contribution is 6.31. The van der Waals surface area contributed by atoms with Crippen molar-refractivity contribution in [3.63, 3.8) is 0 Å². The lowest BCUT2D eigenvalue weighted by Crippen LogP contribution is -2.20. The van der Waals surface area contributed by atoms with Crippen LogP contribution in [-0.2, 0) is 6.54 Å². The fourth-order valence-electron chi connectivity index (χ4n) is 2.39. The van der Waals surface area contributed by atoms with E-state index in [1.165, 1.54) is 0 Å². The summed E-state index contributed by atoms with van der Waals surface area (Å²) < 4.78 is 1.55. The van der Waals surface area contributed by atoms with E-state index in [9.17, 15) is 4.79 Å². The van der Waals surface area contributed by atoms with Crippen LogP contribution in [0.1, 0.15) is 18.9 Å². The second-order valence-corrected chi connectivity index (χ2v) is 6.14. The summed E-state index contributed by atoms with van der Waals surface area (Å²) in [6.07, 6.45) is 2.40. The van der Waals surface area contributed by atoms with Crippen LogP contribution >= 0.6 is 11.6 Å². The lowest BCUT2D eigenvalue weighted by Gasteiger charge is -2.08. The van der Waals surface area contributed by atoms with E-state index in [1.807, 2.05) is 25.1 Å². The average Bonchev–Trinajstić information content (AvgIpc) is 2.85. The van der Waals surface area contributed by atoms with Crippen LogP contribution in [0.3, 0.4) is 0 Å². The third-order valence-corrected chi connectivity index (χ3v) is 4.05. The number of benzene rings is 1. The highest BCUT2D eigenvalue weighted by atomic mass is 35.5. The lowest BCUT2D eigenvalue weighted by molar-refractivity contribution is 0.688. The van der Waals surface area contributed by atoms with E-state index < -0.39 is 0 Å². The molecule has 24 heavy (non-hydrogen) atoms. The third kappa shape index (κ3) is 3.58. The molecule has 2 aromatic heterocycles. The number of aromatic amines is 1. The maximum atomic E-state index is 12.2. The largest absolute Gasteiger partial charge is 0.354 e. The van der Waals surface area contributed by atoms with Crippen molar-refractivity contribution < 1.29 is 0 Å². The van der Waals surface area contributed by atoms with Gasteiger partial charge in [0.05, 0.1) is 12.7 Å². The summed E-state index contributed by atoms with van der Waals surface area (Å²) in [6.45, 7) is 2.95. The molecule has 0 fully saturated rings. The molecule has 0 radical (unpaired) electrons. The molecule has 0 aliphatic carbocycles. The molecule has 8 heteroatoms. The Balaban J connectivity index is 1.91. The summed E-state index contributed by atoms with van der Waals surface area (Å²) >= 11 is 6.19. The number of aromatic nitrogens is 4. The molecule has 126 valence electrons. The summed E-state index contributed by atoms with van der Waals surface area (Å²) in [5, 5.41) is 3.74. The van der Waals surface area contributed by atoms with Crippen molar-refractivity contribution in [2.24, 2.45) is 5.73 Å². The van der Waals surface area contributed by atoms with Crippen molar-refractivity contribution in [1.82, 2.24) is 19.5 Å². The first-order chi connectivity index (χ1) is 11.5. The summed E-state index contributed by atoms with van der Waals surface area (Å²) in [6, 6.07) is 7.53. The minimum Gasteiger partial charge on any atom is -0.354 e. The SMILES string of the molecule is CC(N)CCNc1ncc2[nH]c(=O)n(Cc3ccccc3Cl)c2n1. The summed E-state index contributed by atoms with van der Waals surface area (Å²) in [5.74, 6) is 0.468. The second-order valence-electron chi connectivity index (χ2n) is 5.73. The number of H-pyrrole nitrogens is 1. The Hall–Kier alpha value is -2.38. The summed E-state index contributed by atoms with van der Waals surface area (Å²) in [5.41, 5.74) is 7.47. The molecular weight excluding hydrogens is 328 g/mol. The summed E-state index contributed by atoms with van der Waals surface area (Å²) in [7, 11) is 0. The minimum absolute atomic E-state index is 0.104. The van der Waals surface area contributed by atoms with Crippen LogP contribution in [0, 0.1) is 0 Å². The third-order valence-electron chi connectivity index (χ3n) is 3.68. The van der Waals surface area contributed by atoms with Gasteiger partial charge >= 0.3 is 5.69 Å². The Kier molecular flexibility index (Phi) is 4.82. The Bertz CT molecular complexity index is 901. The van der Waals surface area contributed by atoms with Gasteiger partial charge in [-0.3, -0.25) is 4.57 Å². The molecule has 0 aliphatic heterocycles. The van der Waals surface area contributed by atoms with Gasteiger partial charge in [0, 0.05) is 17.6 Å². The molecule has 0 aliphatic rings. The van der Waals surface area contributed by atoms with E-state index in [-0.39, 0.29) is 11.7 Å². The summed E-state index contributed by atoms with van der Waals surface area (Å²) in [4.78, 5) is 23.6. The number of imidazole rings is 1. The van der Waals surface area contributed by atoms with Gasteiger partial charge in [-0.2, -0.15) is 4.98 Å². The van der Waals surface area contributed by atoms with Gasteiger partial charge in [-0.15, -0.1) is 0 Å². The fraction of sp³-hybridized carbons (Fsp3) is 0.312. The van der Waals surface area contributed by atoms with E-state index >= 15 is 0 Å². The number of hydrogen-bond donors (Lipinski definition) is 3. The van der Waals surface area contributed by atoms with Gasteiger partial charge in [-0.05, 0) is 25.0 Å². The highest BCUT2D eigenvalue weighted by Gasteiger charge is 2.11. The van der Waals surface area contributed by atoms with Crippen LogP contribution in [0.5, 0.6) is 0 Å². The number of nitrogens with zero attached hydrogens (tertiary/aromatic N) is 3. The van der Waals surface area contributed by atoms with Crippen LogP contribution in [0.4, 0.5) is 5.95 Å². The lowest BCUT2D eigenvalue weighted by atomic mass is 10.2. The van der Waals surface area contributed by atoms with E-state index in [0.717, 1.165) is 12.0 Å². The number of nitrogens with two attached hydrogens (primary N) is 1. The van der Waals surface area contributed by atoms with E-state index in [2.05, 4.69) is 20.3 Å². The Morgan fingerprint density at radius 2 is 2.21 bits per heavy atom. The first-order valence-corrected chi connectivity index (χ1v) is 8.11. The Morgan fingerprint density at radius 1 is 1.42 bits per heavy atom. The molecule has 0 spiro atoms. The molecule has 1 aromatic carbocycles. The average molecular weight is 347 g/mol. The molecule has 0 amide bonds. The van der Waals surface area contributed by atoms with Crippen molar-refractivity contribution in [1.29, 1.82) is 0 Å². The Labute approximate surface area is 143 Å². The van der Waals surface area contributed by atoms with E-state index in [1.54, 1.807) is 16.8 Å². The molecule has 0 saturated heterocycles. The predicted molar refractivity (Wildman–Crippen MR) is 95.5 cm³/mol. The van der Waals surface area contributed by atoms with E-state index in [0.29, 0.717) is 35.2 Å². The number of anilines is 1. The predicted octanol–water partition coefficient (Wildman–Crippen LogP) is 1.97. The zero-order valence-electron chi connectivity index (χ0n) is 13.3. The minimum atomic E-state index is -0.244. The number of halogens is 1. The maximum absolute atomic E-state index is 12.2. The molecule has 3 rings (SSSR count). The highest BCUT2D eigenvalue weighted by Crippen LogP contribution is 2.17. The second kappa shape index (κ2) is 7.02. The molecule has 3 aromatic rings. The van der Waals surface area contributed by atoms with Crippen LogP contribution in [0.15, 0.2) is 35.3 Å². The zero-order valence-corrected chi connectivity index (χ0v) is 14.0. The van der Waals surface area contributed by atoms with Gasteiger partial charge in [-0.1, -0.05) is 29.8 Å². The van der Waals surface area contributed by atoms with Crippen molar-refractivity contribution in [3.05, 3.63) is 51.5 Å². The molecule has 1 unspecified atom stereocenters. The van der Waals surface area contributed by atoms with Gasteiger partial charge in [-0.25, -0.2) is 9.78 Å². The van der Waals surface area contributed by atoms with Crippen LogP contribution < -0.4 is 16.7 Å². The number of fused-ring (bicyclic) bond motifs is 1. The van der Waals surface area contributed by atoms with Crippen molar-refractivity contribution >= 4 is 28.7 Å². The van der Waals surface area contributed by atoms with Gasteiger partial charge < -0.3 is 16.0 Å². The standard InChI is InChI=1S/C16H19ClN6O/c1-10(18)6-7-19-15-20-8-13-14(22-15)23(16(24)21-13)9-11-4-2-3-5-12(11)17/h2-5,8,10H,6-7,9,18H2,1H3,(H,21,24)(H,19,20,22). The molecule has 1 atom stereocenters. The normalized spacial score (nSPS) is 12.5. The van der Waals surface area contributed by atoms with Crippen LogP contribution in [0.25, 0.3) is 11.2 Å². The molecule has 0 bridgehead atoms. The molecule has 4 N–H and O–H groups in total. The zero-order chi connectivity index (χ0) is 17.1. The van der Waals surface area contributed by atoms with Gasteiger partial charge in [0.15, 0.2) is 5.65 Å². The topological polar surface area (TPSA) is 102 Å². The molecule has 7 nitrogen and oxygen atoms in total. The fourth-order valence-corrected chi connectivity index (χ4v) is 2.58. The maximum Gasteiger partial charge on any atom is 0.328 e.